The topological polar surface area (TPSA) is 95.9 Å². The molecule has 1 aromatic carbocycles. The molecule has 0 atom stereocenters. The zero-order chi connectivity index (χ0) is 15.1. The van der Waals surface area contributed by atoms with Crippen LogP contribution in [0.2, 0.25) is 0 Å². The minimum absolute atomic E-state index is 0.00205. The summed E-state index contributed by atoms with van der Waals surface area (Å²) in [6.07, 6.45) is 0.0704. The van der Waals surface area contributed by atoms with Crippen molar-refractivity contribution in [3.63, 3.8) is 0 Å². The number of ether oxygens (including phenoxy) is 1. The van der Waals surface area contributed by atoms with E-state index in [0.29, 0.717) is 0 Å². The number of amides is 2. The van der Waals surface area contributed by atoms with Gasteiger partial charge in [-0.25, -0.2) is 9.59 Å². The molecule has 0 aliphatic carbocycles. The molecular formula is C13H16N2O5. The molecule has 0 aliphatic heterocycles. The number of hydrogen-bond donors (Lipinski definition) is 2. The highest BCUT2D eigenvalue weighted by molar-refractivity contribution is 5.99. The third-order valence-electron chi connectivity index (χ3n) is 2.62. The Bertz CT molecular complexity index is 515. The normalized spacial score (nSPS) is 9.70. The number of benzene rings is 1. The number of nitrogens with zero attached hydrogens (tertiary/aromatic N) is 1. The molecule has 0 aromatic heterocycles. The van der Waals surface area contributed by atoms with E-state index in [-0.39, 0.29) is 24.2 Å². The summed E-state index contributed by atoms with van der Waals surface area (Å²) >= 11 is 0. The van der Waals surface area contributed by atoms with Crippen molar-refractivity contribution >= 4 is 23.7 Å². The van der Waals surface area contributed by atoms with Crippen molar-refractivity contribution in [2.24, 2.45) is 0 Å². The second-order valence-electron chi connectivity index (χ2n) is 4.03. The molecule has 1 aromatic rings. The number of aromatic carboxylic acids is 1. The Morgan fingerprint density at radius 2 is 1.95 bits per heavy atom. The molecular weight excluding hydrogens is 264 g/mol. The van der Waals surface area contributed by atoms with Gasteiger partial charge in [-0.2, -0.15) is 0 Å². The highest BCUT2D eigenvalue weighted by atomic mass is 16.5. The molecule has 0 bridgehead atoms. The number of nitrogens with one attached hydrogen (secondary N) is 1. The lowest BCUT2D eigenvalue weighted by atomic mass is 10.2. The summed E-state index contributed by atoms with van der Waals surface area (Å²) in [5.41, 5.74) is 0.206. The minimum atomic E-state index is -1.13. The number of para-hydroxylation sites is 1. The largest absolute Gasteiger partial charge is 0.478 e. The van der Waals surface area contributed by atoms with Gasteiger partial charge >= 0.3 is 18.0 Å². The molecule has 0 fully saturated rings. The Balaban J connectivity index is 2.66. The fourth-order valence-corrected chi connectivity index (χ4v) is 1.45. The number of methoxy groups -OCH3 is 1. The molecule has 0 saturated carbocycles. The van der Waals surface area contributed by atoms with E-state index in [1.165, 1.54) is 31.2 Å². The lowest BCUT2D eigenvalue weighted by Crippen LogP contribution is -2.33. The van der Waals surface area contributed by atoms with Crippen LogP contribution in [0.1, 0.15) is 16.8 Å². The highest BCUT2D eigenvalue weighted by Gasteiger charge is 2.15. The SMILES string of the molecule is COC(=O)CCN(C)C(=O)Nc1ccccc1C(=O)O. The van der Waals surface area contributed by atoms with Crippen molar-refractivity contribution in [1.29, 1.82) is 0 Å². The summed E-state index contributed by atoms with van der Waals surface area (Å²) in [6.45, 7) is 0.174. The van der Waals surface area contributed by atoms with Gasteiger partial charge in [-0.3, -0.25) is 4.79 Å². The van der Waals surface area contributed by atoms with Gasteiger partial charge in [-0.15, -0.1) is 0 Å². The standard InChI is InChI=1S/C13H16N2O5/c1-15(8-7-11(16)20-2)13(19)14-10-6-4-3-5-9(10)12(17)18/h3-6H,7-8H2,1-2H3,(H,14,19)(H,17,18). The van der Waals surface area contributed by atoms with Crippen LogP contribution in [0.3, 0.4) is 0 Å². The van der Waals surface area contributed by atoms with Crippen LogP contribution in [-0.2, 0) is 9.53 Å². The molecule has 0 radical (unpaired) electrons. The van der Waals surface area contributed by atoms with Crippen LogP contribution >= 0.6 is 0 Å². The van der Waals surface area contributed by atoms with Gasteiger partial charge in [0, 0.05) is 13.6 Å². The predicted octanol–water partition coefficient (Wildman–Crippen LogP) is 1.41. The maximum absolute atomic E-state index is 11.9. The Hall–Kier alpha value is -2.57. The smallest absolute Gasteiger partial charge is 0.337 e. The Labute approximate surface area is 116 Å². The molecule has 1 rings (SSSR count). The molecule has 108 valence electrons. The lowest BCUT2D eigenvalue weighted by molar-refractivity contribution is -0.140. The van der Waals surface area contributed by atoms with E-state index in [4.69, 9.17) is 5.11 Å². The number of hydrogen-bond acceptors (Lipinski definition) is 4. The Kier molecular flexibility index (Phi) is 5.52. The summed E-state index contributed by atoms with van der Waals surface area (Å²) in [5, 5.41) is 11.5. The first kappa shape index (κ1) is 15.5. The molecule has 20 heavy (non-hydrogen) atoms. The van der Waals surface area contributed by atoms with Gasteiger partial charge in [0.15, 0.2) is 0 Å². The number of carboxylic acid groups (broad SMARTS) is 1. The van der Waals surface area contributed by atoms with E-state index < -0.39 is 18.0 Å². The first-order valence-corrected chi connectivity index (χ1v) is 5.87. The number of carboxylic acids is 1. The van der Waals surface area contributed by atoms with Crippen molar-refractivity contribution in [1.82, 2.24) is 4.90 Å². The maximum Gasteiger partial charge on any atom is 0.337 e. The van der Waals surface area contributed by atoms with Gasteiger partial charge in [-0.1, -0.05) is 12.1 Å². The molecule has 7 nitrogen and oxygen atoms in total. The van der Waals surface area contributed by atoms with Crippen LogP contribution in [0.25, 0.3) is 0 Å². The summed E-state index contributed by atoms with van der Waals surface area (Å²) in [7, 11) is 2.77. The van der Waals surface area contributed by atoms with E-state index >= 15 is 0 Å². The molecule has 0 aliphatic rings. The van der Waals surface area contributed by atoms with Crippen molar-refractivity contribution in [3.05, 3.63) is 29.8 Å². The van der Waals surface area contributed by atoms with Crippen LogP contribution in [0, 0.1) is 0 Å². The minimum Gasteiger partial charge on any atom is -0.478 e. The third-order valence-corrected chi connectivity index (χ3v) is 2.62. The van der Waals surface area contributed by atoms with Gasteiger partial charge < -0.3 is 20.1 Å². The highest BCUT2D eigenvalue weighted by Crippen LogP contribution is 2.15. The summed E-state index contributed by atoms with van der Waals surface area (Å²) in [4.78, 5) is 35.1. The summed E-state index contributed by atoms with van der Waals surface area (Å²) in [6, 6.07) is 5.58. The zero-order valence-electron chi connectivity index (χ0n) is 11.3. The van der Waals surface area contributed by atoms with Crippen molar-refractivity contribution in [3.8, 4) is 0 Å². The van der Waals surface area contributed by atoms with Gasteiger partial charge in [-0.05, 0) is 12.1 Å². The van der Waals surface area contributed by atoms with Crippen LogP contribution < -0.4 is 5.32 Å². The molecule has 0 unspecified atom stereocenters. The Morgan fingerprint density at radius 1 is 1.30 bits per heavy atom. The van der Waals surface area contributed by atoms with Gasteiger partial charge in [0.25, 0.3) is 0 Å². The van der Waals surface area contributed by atoms with Crippen molar-refractivity contribution in [2.45, 2.75) is 6.42 Å². The van der Waals surface area contributed by atoms with E-state index in [1.807, 2.05) is 0 Å². The average molecular weight is 280 g/mol. The van der Waals surface area contributed by atoms with Crippen molar-refractivity contribution in [2.75, 3.05) is 26.0 Å². The summed E-state index contributed by atoms with van der Waals surface area (Å²) in [5.74, 6) is -1.55. The first-order chi connectivity index (χ1) is 9.45. The number of rotatable bonds is 5. The Morgan fingerprint density at radius 3 is 2.55 bits per heavy atom. The van der Waals surface area contributed by atoms with Crippen LogP contribution in [0.15, 0.2) is 24.3 Å². The summed E-state index contributed by atoms with van der Waals surface area (Å²) < 4.78 is 4.47. The van der Waals surface area contributed by atoms with Gasteiger partial charge in [0.05, 0.1) is 24.8 Å². The number of anilines is 1. The van der Waals surface area contributed by atoms with E-state index in [2.05, 4.69) is 10.1 Å². The average Bonchev–Trinajstić information content (AvgIpc) is 2.44. The molecule has 2 amide bonds. The van der Waals surface area contributed by atoms with Crippen LogP contribution in [-0.4, -0.2) is 48.7 Å². The van der Waals surface area contributed by atoms with E-state index in [1.54, 1.807) is 12.1 Å². The molecule has 0 spiro atoms. The second kappa shape index (κ2) is 7.13. The molecule has 0 saturated heterocycles. The fourth-order valence-electron chi connectivity index (χ4n) is 1.45. The predicted molar refractivity (Wildman–Crippen MR) is 71.7 cm³/mol. The number of esters is 1. The van der Waals surface area contributed by atoms with E-state index in [0.717, 1.165) is 0 Å². The van der Waals surface area contributed by atoms with Crippen LogP contribution in [0.4, 0.5) is 10.5 Å². The lowest BCUT2D eigenvalue weighted by Gasteiger charge is -2.18. The number of urea groups is 1. The fraction of sp³-hybridized carbons (Fsp3) is 0.308. The molecule has 7 heteroatoms. The second-order valence-corrected chi connectivity index (χ2v) is 4.03. The first-order valence-electron chi connectivity index (χ1n) is 5.87. The zero-order valence-corrected chi connectivity index (χ0v) is 11.3. The quantitative estimate of drug-likeness (QED) is 0.795. The molecule has 2 N–H and O–H groups in total. The van der Waals surface area contributed by atoms with Crippen LogP contribution in [0.5, 0.6) is 0 Å². The van der Waals surface area contributed by atoms with Gasteiger partial charge in [0.2, 0.25) is 0 Å². The maximum atomic E-state index is 11.9. The molecule has 0 heterocycles. The number of carbonyl (C=O) groups is 3. The van der Waals surface area contributed by atoms with Gasteiger partial charge in [0.1, 0.15) is 0 Å². The third kappa shape index (κ3) is 4.27. The van der Waals surface area contributed by atoms with E-state index in [9.17, 15) is 14.4 Å². The number of carbonyl (C=O) groups excluding carboxylic acids is 2. The monoisotopic (exact) mass is 280 g/mol. The van der Waals surface area contributed by atoms with Crippen molar-refractivity contribution < 1.29 is 24.2 Å².